The second kappa shape index (κ2) is 12.9. The molecule has 0 fully saturated rings. The molecule has 0 aromatic rings. The standard InChI is InChI=1S/C13H25N5O/c1-4-8-18(3)9-6-7-17-13(19)10-15-12-16-11-14-5-2/h4,10,12,14H,1,5-9,11H2,2-3H3,(H,17,19)/b15-10+,16-12-. The minimum absolute atomic E-state index is 0.193. The van der Waals surface area contributed by atoms with Crippen LogP contribution in [0.15, 0.2) is 22.6 Å². The summed E-state index contributed by atoms with van der Waals surface area (Å²) in [6.07, 6.45) is 5.37. The molecule has 0 spiro atoms. The summed E-state index contributed by atoms with van der Waals surface area (Å²) in [5.74, 6) is -0.193. The fourth-order valence-corrected chi connectivity index (χ4v) is 1.28. The molecule has 0 rings (SSSR count). The summed E-state index contributed by atoms with van der Waals surface area (Å²) in [4.78, 5) is 21.2. The molecule has 1 amide bonds. The van der Waals surface area contributed by atoms with E-state index in [2.05, 4.69) is 32.1 Å². The number of hydrogen-bond donors (Lipinski definition) is 2. The van der Waals surface area contributed by atoms with Gasteiger partial charge in [0, 0.05) is 13.1 Å². The van der Waals surface area contributed by atoms with E-state index in [4.69, 9.17) is 0 Å². The number of likely N-dealkylation sites (N-methyl/N-ethyl adjacent to an activating group) is 1. The van der Waals surface area contributed by atoms with Gasteiger partial charge in [-0.1, -0.05) is 13.0 Å². The van der Waals surface area contributed by atoms with Crippen molar-refractivity contribution in [2.24, 2.45) is 9.98 Å². The normalized spacial score (nSPS) is 11.5. The fourth-order valence-electron chi connectivity index (χ4n) is 1.28. The summed E-state index contributed by atoms with van der Waals surface area (Å²) in [6.45, 7) is 9.48. The van der Waals surface area contributed by atoms with Gasteiger partial charge in [-0.3, -0.25) is 15.1 Å². The maximum atomic E-state index is 11.3. The number of nitrogens with zero attached hydrogens (tertiary/aromatic N) is 3. The Morgan fingerprint density at radius 3 is 2.95 bits per heavy atom. The topological polar surface area (TPSA) is 69.1 Å². The first-order valence-electron chi connectivity index (χ1n) is 6.50. The number of aliphatic imine (C=N–C) groups is 2. The Morgan fingerprint density at radius 1 is 1.47 bits per heavy atom. The SMILES string of the molecule is C=CCN(C)CCCNC(=O)/C=N/C=N\CNCC. The molecule has 0 aliphatic rings. The Balaban J connectivity index is 3.56. The van der Waals surface area contributed by atoms with Gasteiger partial charge in [-0.25, -0.2) is 4.99 Å². The lowest BCUT2D eigenvalue weighted by molar-refractivity contribution is -0.114. The average Bonchev–Trinajstić information content (AvgIpc) is 2.39. The fraction of sp³-hybridized carbons (Fsp3) is 0.615. The van der Waals surface area contributed by atoms with Crippen molar-refractivity contribution in [3.05, 3.63) is 12.7 Å². The Morgan fingerprint density at radius 2 is 2.26 bits per heavy atom. The lowest BCUT2D eigenvalue weighted by Crippen LogP contribution is -2.28. The molecule has 0 atom stereocenters. The Kier molecular flexibility index (Phi) is 11.9. The molecule has 2 N–H and O–H groups in total. The van der Waals surface area contributed by atoms with Crippen LogP contribution in [0.4, 0.5) is 0 Å². The van der Waals surface area contributed by atoms with Crippen molar-refractivity contribution in [2.75, 3.05) is 39.9 Å². The molecule has 0 aromatic heterocycles. The molecule has 0 saturated carbocycles. The van der Waals surface area contributed by atoms with Crippen LogP contribution in [0, 0.1) is 0 Å². The maximum Gasteiger partial charge on any atom is 0.262 e. The molecule has 19 heavy (non-hydrogen) atoms. The van der Waals surface area contributed by atoms with E-state index in [0.717, 1.165) is 26.1 Å². The number of nitrogens with one attached hydrogen (secondary N) is 2. The van der Waals surface area contributed by atoms with Crippen LogP contribution in [0.25, 0.3) is 0 Å². The van der Waals surface area contributed by atoms with Crippen molar-refractivity contribution >= 4 is 18.5 Å². The molecule has 0 bridgehead atoms. The second-order valence-electron chi connectivity index (χ2n) is 4.03. The number of carbonyl (C=O) groups excluding carboxylic acids is 1. The van der Waals surface area contributed by atoms with Crippen LogP contribution in [0.2, 0.25) is 0 Å². The lowest BCUT2D eigenvalue weighted by Gasteiger charge is -2.13. The zero-order chi connectivity index (χ0) is 14.3. The van der Waals surface area contributed by atoms with Gasteiger partial charge in [-0.15, -0.1) is 6.58 Å². The number of rotatable bonds is 11. The van der Waals surface area contributed by atoms with E-state index >= 15 is 0 Å². The van der Waals surface area contributed by atoms with Crippen LogP contribution in [0.3, 0.4) is 0 Å². The van der Waals surface area contributed by atoms with Crippen molar-refractivity contribution in [3.63, 3.8) is 0 Å². The van der Waals surface area contributed by atoms with Crippen molar-refractivity contribution < 1.29 is 4.79 Å². The first kappa shape index (κ1) is 17.5. The number of carbonyl (C=O) groups is 1. The van der Waals surface area contributed by atoms with Crippen LogP contribution in [-0.4, -0.2) is 63.3 Å². The monoisotopic (exact) mass is 267 g/mol. The summed E-state index contributed by atoms with van der Waals surface area (Å²) >= 11 is 0. The summed E-state index contributed by atoms with van der Waals surface area (Å²) in [7, 11) is 2.02. The summed E-state index contributed by atoms with van der Waals surface area (Å²) in [5.41, 5.74) is 0. The van der Waals surface area contributed by atoms with Crippen molar-refractivity contribution in [2.45, 2.75) is 13.3 Å². The molecular formula is C13H25N5O. The zero-order valence-electron chi connectivity index (χ0n) is 11.9. The molecular weight excluding hydrogens is 242 g/mol. The number of amides is 1. The molecule has 0 radical (unpaired) electrons. The van der Waals surface area contributed by atoms with Crippen LogP contribution >= 0.6 is 0 Å². The van der Waals surface area contributed by atoms with Gasteiger partial charge in [0.1, 0.15) is 6.34 Å². The van der Waals surface area contributed by atoms with Crippen LogP contribution in [-0.2, 0) is 4.79 Å². The van der Waals surface area contributed by atoms with Crippen molar-refractivity contribution in [1.29, 1.82) is 0 Å². The van der Waals surface area contributed by atoms with Gasteiger partial charge in [0.05, 0.1) is 12.9 Å². The third-order valence-corrected chi connectivity index (χ3v) is 2.25. The zero-order valence-corrected chi connectivity index (χ0v) is 11.9. The average molecular weight is 267 g/mol. The molecule has 0 aliphatic carbocycles. The molecule has 0 aliphatic heterocycles. The van der Waals surface area contributed by atoms with Crippen molar-refractivity contribution in [3.8, 4) is 0 Å². The van der Waals surface area contributed by atoms with Crippen LogP contribution < -0.4 is 10.6 Å². The minimum atomic E-state index is -0.193. The highest BCUT2D eigenvalue weighted by Gasteiger charge is 1.97. The molecule has 108 valence electrons. The van der Waals surface area contributed by atoms with E-state index in [1.807, 2.05) is 20.0 Å². The molecule has 0 saturated heterocycles. The highest BCUT2D eigenvalue weighted by Crippen LogP contribution is 1.85. The van der Waals surface area contributed by atoms with Crippen molar-refractivity contribution in [1.82, 2.24) is 15.5 Å². The predicted octanol–water partition coefficient (Wildman–Crippen LogP) is 0.277. The maximum absolute atomic E-state index is 11.3. The lowest BCUT2D eigenvalue weighted by atomic mass is 10.4. The quantitative estimate of drug-likeness (QED) is 0.244. The van der Waals surface area contributed by atoms with E-state index in [9.17, 15) is 4.79 Å². The van der Waals surface area contributed by atoms with Gasteiger partial charge >= 0.3 is 0 Å². The van der Waals surface area contributed by atoms with Gasteiger partial charge in [0.2, 0.25) is 0 Å². The summed E-state index contributed by atoms with van der Waals surface area (Å²) < 4.78 is 0. The second-order valence-corrected chi connectivity index (χ2v) is 4.03. The van der Waals surface area contributed by atoms with E-state index in [-0.39, 0.29) is 5.91 Å². The Labute approximate surface area is 115 Å². The van der Waals surface area contributed by atoms with Gasteiger partial charge in [-0.2, -0.15) is 0 Å². The van der Waals surface area contributed by atoms with Gasteiger partial charge < -0.3 is 10.2 Å². The van der Waals surface area contributed by atoms with Gasteiger partial charge in [0.15, 0.2) is 0 Å². The summed E-state index contributed by atoms with van der Waals surface area (Å²) in [6, 6.07) is 0. The van der Waals surface area contributed by atoms with E-state index in [0.29, 0.717) is 13.2 Å². The molecule has 6 nitrogen and oxygen atoms in total. The molecule has 0 heterocycles. The van der Waals surface area contributed by atoms with Gasteiger partial charge in [0.25, 0.3) is 5.91 Å². The predicted molar refractivity (Wildman–Crippen MR) is 80.8 cm³/mol. The first-order chi connectivity index (χ1) is 9.20. The molecule has 0 unspecified atom stereocenters. The van der Waals surface area contributed by atoms with Crippen LogP contribution in [0.1, 0.15) is 13.3 Å². The third kappa shape index (κ3) is 12.7. The first-order valence-corrected chi connectivity index (χ1v) is 6.50. The van der Waals surface area contributed by atoms with E-state index in [1.54, 1.807) is 0 Å². The largest absolute Gasteiger partial charge is 0.351 e. The minimum Gasteiger partial charge on any atom is -0.351 e. The Hall–Kier alpha value is -1.53. The Bertz CT molecular complexity index is 301. The smallest absolute Gasteiger partial charge is 0.262 e. The van der Waals surface area contributed by atoms with Gasteiger partial charge in [-0.05, 0) is 26.6 Å². The third-order valence-electron chi connectivity index (χ3n) is 2.25. The van der Waals surface area contributed by atoms with Crippen LogP contribution in [0.5, 0.6) is 0 Å². The molecule has 0 aromatic carbocycles. The highest BCUT2D eigenvalue weighted by atomic mass is 16.1. The van der Waals surface area contributed by atoms with E-state index in [1.165, 1.54) is 12.6 Å². The molecule has 6 heteroatoms. The highest BCUT2D eigenvalue weighted by molar-refractivity contribution is 6.27. The summed E-state index contributed by atoms with van der Waals surface area (Å²) in [5, 5.41) is 5.78. The van der Waals surface area contributed by atoms with E-state index < -0.39 is 0 Å². The number of hydrogen-bond acceptors (Lipinski definition) is 4.